The van der Waals surface area contributed by atoms with Crippen LogP contribution in [0.4, 0.5) is 0 Å². The topological polar surface area (TPSA) is 42.7 Å². The van der Waals surface area contributed by atoms with Gasteiger partial charge in [0.2, 0.25) is 0 Å². The summed E-state index contributed by atoms with van der Waals surface area (Å²) in [4.78, 5) is 8.75. The van der Waals surface area contributed by atoms with Gasteiger partial charge in [-0.1, -0.05) is 0 Å². The molecular formula is C13H15BrN4. The largest absolute Gasteiger partial charge is 0.331 e. The maximum absolute atomic E-state index is 4.39. The highest BCUT2D eigenvalue weighted by molar-refractivity contribution is 9.10. The van der Waals surface area contributed by atoms with E-state index in [0.29, 0.717) is 0 Å². The fourth-order valence-electron chi connectivity index (χ4n) is 1.81. The fraction of sp³-hybridized carbons (Fsp3) is 0.385. The summed E-state index contributed by atoms with van der Waals surface area (Å²) in [6.07, 6.45) is 8.39. The van der Waals surface area contributed by atoms with Gasteiger partial charge in [0.15, 0.2) is 0 Å². The van der Waals surface area contributed by atoms with Crippen molar-refractivity contribution in [2.45, 2.75) is 32.0 Å². The Bertz CT molecular complexity index is 516. The van der Waals surface area contributed by atoms with E-state index in [-0.39, 0.29) is 0 Å². The number of nitrogens with one attached hydrogen (secondary N) is 1. The zero-order valence-corrected chi connectivity index (χ0v) is 11.6. The van der Waals surface area contributed by atoms with Crippen LogP contribution >= 0.6 is 15.9 Å². The van der Waals surface area contributed by atoms with Gasteiger partial charge in [-0.25, -0.2) is 4.98 Å². The zero-order chi connectivity index (χ0) is 12.4. The molecule has 94 valence electrons. The predicted molar refractivity (Wildman–Crippen MR) is 73.1 cm³/mol. The molecule has 1 N–H and O–H groups in total. The molecule has 4 nitrogen and oxygen atoms in total. The highest BCUT2D eigenvalue weighted by Crippen LogP contribution is 2.19. The van der Waals surface area contributed by atoms with Crippen molar-refractivity contribution in [1.29, 1.82) is 0 Å². The van der Waals surface area contributed by atoms with Crippen LogP contribution in [0.25, 0.3) is 0 Å². The summed E-state index contributed by atoms with van der Waals surface area (Å²) in [5.74, 6) is 0. The van der Waals surface area contributed by atoms with E-state index in [1.54, 1.807) is 0 Å². The number of pyridine rings is 1. The smallest absolute Gasteiger partial charge is 0.0953 e. The lowest BCUT2D eigenvalue weighted by molar-refractivity contribution is 0.675. The summed E-state index contributed by atoms with van der Waals surface area (Å²) >= 11 is 3.39. The minimum atomic E-state index is 0.725. The van der Waals surface area contributed by atoms with Crippen molar-refractivity contribution in [3.05, 3.63) is 46.7 Å². The molecule has 0 aliphatic heterocycles. The Labute approximate surface area is 115 Å². The van der Waals surface area contributed by atoms with E-state index in [1.165, 1.54) is 12.8 Å². The Morgan fingerprint density at radius 1 is 1.28 bits per heavy atom. The lowest BCUT2D eigenvalue weighted by Gasteiger charge is -2.01. The number of hydrogen-bond donors (Lipinski definition) is 1. The van der Waals surface area contributed by atoms with Crippen LogP contribution in [0, 0.1) is 0 Å². The summed E-state index contributed by atoms with van der Waals surface area (Å²) in [7, 11) is 0. The molecule has 2 heterocycles. The molecule has 0 unspecified atom stereocenters. The highest BCUT2D eigenvalue weighted by Gasteiger charge is 2.20. The van der Waals surface area contributed by atoms with Crippen molar-refractivity contribution in [3.63, 3.8) is 0 Å². The van der Waals surface area contributed by atoms with Crippen molar-refractivity contribution in [2.24, 2.45) is 0 Å². The van der Waals surface area contributed by atoms with Gasteiger partial charge in [0.1, 0.15) is 0 Å². The zero-order valence-electron chi connectivity index (χ0n) is 10.0. The third-order valence-corrected chi connectivity index (χ3v) is 3.44. The van der Waals surface area contributed by atoms with E-state index in [0.717, 1.165) is 35.0 Å². The van der Waals surface area contributed by atoms with Gasteiger partial charge in [-0.3, -0.25) is 4.98 Å². The van der Waals surface area contributed by atoms with Crippen molar-refractivity contribution in [1.82, 2.24) is 19.9 Å². The van der Waals surface area contributed by atoms with Gasteiger partial charge in [0.05, 0.1) is 24.3 Å². The van der Waals surface area contributed by atoms with Crippen LogP contribution < -0.4 is 5.32 Å². The summed E-state index contributed by atoms with van der Waals surface area (Å²) in [6, 6.07) is 4.75. The number of hydrogen-bond acceptors (Lipinski definition) is 3. The minimum Gasteiger partial charge on any atom is -0.331 e. The molecule has 0 amide bonds. The van der Waals surface area contributed by atoms with Gasteiger partial charge in [0.25, 0.3) is 0 Å². The van der Waals surface area contributed by atoms with Gasteiger partial charge < -0.3 is 9.88 Å². The highest BCUT2D eigenvalue weighted by atomic mass is 79.9. The molecule has 5 heteroatoms. The summed E-state index contributed by atoms with van der Waals surface area (Å²) in [5, 5.41) is 3.46. The molecule has 1 saturated carbocycles. The molecule has 3 rings (SSSR count). The summed E-state index contributed by atoms with van der Waals surface area (Å²) in [5.41, 5.74) is 2.14. The third kappa shape index (κ3) is 3.17. The van der Waals surface area contributed by atoms with Crippen LogP contribution in [0.3, 0.4) is 0 Å². The Morgan fingerprint density at radius 2 is 2.17 bits per heavy atom. The second-order valence-corrected chi connectivity index (χ2v) is 5.58. The number of nitrogens with zero attached hydrogens (tertiary/aromatic N) is 3. The number of rotatable bonds is 5. The molecule has 18 heavy (non-hydrogen) atoms. The molecule has 0 spiro atoms. The van der Waals surface area contributed by atoms with Crippen molar-refractivity contribution >= 4 is 15.9 Å². The molecule has 0 saturated heterocycles. The van der Waals surface area contributed by atoms with Gasteiger partial charge in [-0.05, 0) is 40.9 Å². The van der Waals surface area contributed by atoms with E-state index >= 15 is 0 Å². The van der Waals surface area contributed by atoms with Crippen LogP contribution in [0.2, 0.25) is 0 Å². The Kier molecular flexibility index (Phi) is 3.43. The fourth-order valence-corrected chi connectivity index (χ4v) is 2.04. The van der Waals surface area contributed by atoms with E-state index < -0.39 is 0 Å². The monoisotopic (exact) mass is 306 g/mol. The molecule has 0 bridgehead atoms. The van der Waals surface area contributed by atoms with E-state index in [2.05, 4.69) is 42.0 Å². The second kappa shape index (κ2) is 5.20. The van der Waals surface area contributed by atoms with Crippen molar-refractivity contribution in [3.8, 4) is 0 Å². The van der Waals surface area contributed by atoms with Crippen LogP contribution in [0.5, 0.6) is 0 Å². The first-order valence-electron chi connectivity index (χ1n) is 6.14. The number of imidazole rings is 1. The van der Waals surface area contributed by atoms with Crippen LogP contribution in [-0.2, 0) is 13.1 Å². The van der Waals surface area contributed by atoms with E-state index in [4.69, 9.17) is 0 Å². The maximum atomic E-state index is 4.39. The first-order chi connectivity index (χ1) is 8.79. The summed E-state index contributed by atoms with van der Waals surface area (Å²) in [6.45, 7) is 1.63. The number of aromatic nitrogens is 3. The Hall–Kier alpha value is -1.20. The van der Waals surface area contributed by atoms with E-state index in [9.17, 15) is 0 Å². The van der Waals surface area contributed by atoms with Gasteiger partial charge >= 0.3 is 0 Å². The first kappa shape index (κ1) is 11.9. The maximum Gasteiger partial charge on any atom is 0.0953 e. The molecule has 2 aromatic rings. The minimum absolute atomic E-state index is 0.725. The second-order valence-electron chi connectivity index (χ2n) is 4.66. The number of halogens is 1. The van der Waals surface area contributed by atoms with Crippen molar-refractivity contribution in [2.75, 3.05) is 0 Å². The molecule has 0 aromatic carbocycles. The quantitative estimate of drug-likeness (QED) is 0.922. The van der Waals surface area contributed by atoms with Gasteiger partial charge in [0, 0.05) is 29.5 Å². The van der Waals surface area contributed by atoms with Crippen LogP contribution in [0.1, 0.15) is 24.2 Å². The molecule has 0 atom stereocenters. The predicted octanol–water partition coefficient (Wildman–Crippen LogP) is 2.34. The standard InChI is InChI=1S/C13H15BrN4/c14-10-1-2-12(15-5-10)7-18-8-13(17-9-18)6-16-11-3-4-11/h1-2,5,8-9,11,16H,3-4,6-7H2. The normalized spacial score (nSPS) is 14.9. The molecule has 1 fully saturated rings. The Morgan fingerprint density at radius 3 is 2.89 bits per heavy atom. The molecular weight excluding hydrogens is 292 g/mol. The lowest BCUT2D eigenvalue weighted by Crippen LogP contribution is -2.15. The third-order valence-electron chi connectivity index (χ3n) is 2.97. The molecule has 2 aromatic heterocycles. The average molecular weight is 307 g/mol. The average Bonchev–Trinajstić information content (AvgIpc) is 3.10. The van der Waals surface area contributed by atoms with Gasteiger partial charge in [-0.2, -0.15) is 0 Å². The summed E-state index contributed by atoms with van der Waals surface area (Å²) < 4.78 is 3.08. The SMILES string of the molecule is Brc1ccc(Cn2cnc(CNC3CC3)c2)nc1. The van der Waals surface area contributed by atoms with E-state index in [1.807, 2.05) is 24.7 Å². The first-order valence-corrected chi connectivity index (χ1v) is 6.93. The lowest BCUT2D eigenvalue weighted by atomic mass is 10.3. The van der Waals surface area contributed by atoms with Gasteiger partial charge in [-0.15, -0.1) is 0 Å². The molecule has 1 aliphatic rings. The molecule has 0 radical (unpaired) electrons. The Balaban J connectivity index is 1.60. The van der Waals surface area contributed by atoms with Crippen LogP contribution in [-0.4, -0.2) is 20.6 Å². The van der Waals surface area contributed by atoms with Crippen molar-refractivity contribution < 1.29 is 0 Å². The van der Waals surface area contributed by atoms with Crippen LogP contribution in [0.15, 0.2) is 35.3 Å². The molecule has 1 aliphatic carbocycles.